The summed E-state index contributed by atoms with van der Waals surface area (Å²) in [5.74, 6) is -0.840. The standard InChI is InChI=1S/C20H28N4O3/c1-11-15-13(17(25)21-10-20(5,6)18(26)27)9-14(12-7-8-12)22-16(15)24(23-11)19(2,3)4/h9,12H,7-8,10H2,1-6H3,(H,21,25)(H,26,27). The van der Waals surface area contributed by atoms with Gasteiger partial charge in [-0.3, -0.25) is 9.59 Å². The van der Waals surface area contributed by atoms with Gasteiger partial charge in [0.05, 0.1) is 27.6 Å². The predicted octanol–water partition coefficient (Wildman–Crippen LogP) is 3.21. The van der Waals surface area contributed by atoms with Gasteiger partial charge >= 0.3 is 5.97 Å². The van der Waals surface area contributed by atoms with E-state index in [0.717, 1.165) is 29.6 Å². The van der Waals surface area contributed by atoms with Crippen molar-refractivity contribution < 1.29 is 14.7 Å². The number of nitrogens with zero attached hydrogens (tertiary/aromatic N) is 3. The zero-order chi connectivity index (χ0) is 20.1. The molecule has 3 rings (SSSR count). The third-order valence-electron chi connectivity index (χ3n) is 4.98. The Hall–Kier alpha value is -2.44. The molecule has 0 aliphatic heterocycles. The Morgan fingerprint density at radius 3 is 2.41 bits per heavy atom. The van der Waals surface area contributed by atoms with E-state index in [1.807, 2.05) is 17.7 Å². The Kier molecular flexibility index (Phi) is 4.52. The van der Waals surface area contributed by atoms with Crippen LogP contribution in [0.4, 0.5) is 0 Å². The van der Waals surface area contributed by atoms with E-state index in [1.165, 1.54) is 0 Å². The van der Waals surface area contributed by atoms with Crippen LogP contribution in [0.1, 0.15) is 75.1 Å². The number of carboxylic acids is 1. The fourth-order valence-corrected chi connectivity index (χ4v) is 3.02. The topological polar surface area (TPSA) is 97.1 Å². The number of carbonyl (C=O) groups excluding carboxylic acids is 1. The highest BCUT2D eigenvalue weighted by atomic mass is 16.4. The third kappa shape index (κ3) is 3.68. The first-order valence-electron chi connectivity index (χ1n) is 9.34. The zero-order valence-electron chi connectivity index (χ0n) is 16.9. The van der Waals surface area contributed by atoms with Crippen molar-refractivity contribution in [3.8, 4) is 0 Å². The molecule has 0 radical (unpaired) electrons. The number of hydrogen-bond acceptors (Lipinski definition) is 4. The third-order valence-corrected chi connectivity index (χ3v) is 4.98. The second-order valence-corrected chi connectivity index (χ2v) is 9.11. The molecule has 1 amide bonds. The fraction of sp³-hybridized carbons (Fsp3) is 0.600. The summed E-state index contributed by atoms with van der Waals surface area (Å²) in [4.78, 5) is 29.1. The molecule has 0 aromatic carbocycles. The maximum Gasteiger partial charge on any atom is 0.310 e. The van der Waals surface area contributed by atoms with Crippen molar-refractivity contribution in [3.63, 3.8) is 0 Å². The lowest BCUT2D eigenvalue weighted by Gasteiger charge is -2.21. The van der Waals surface area contributed by atoms with Crippen LogP contribution in [0, 0.1) is 12.3 Å². The van der Waals surface area contributed by atoms with Crippen molar-refractivity contribution in [2.45, 2.75) is 65.8 Å². The number of carbonyl (C=O) groups is 2. The minimum absolute atomic E-state index is 0.0518. The maximum atomic E-state index is 13.0. The van der Waals surface area contributed by atoms with Gasteiger partial charge in [0.25, 0.3) is 5.91 Å². The normalized spacial score (nSPS) is 15.2. The quantitative estimate of drug-likeness (QED) is 0.840. The summed E-state index contributed by atoms with van der Waals surface area (Å²) in [7, 11) is 0. The van der Waals surface area contributed by atoms with E-state index in [-0.39, 0.29) is 18.0 Å². The van der Waals surface area contributed by atoms with Crippen molar-refractivity contribution in [1.29, 1.82) is 0 Å². The van der Waals surface area contributed by atoms with Crippen LogP contribution >= 0.6 is 0 Å². The van der Waals surface area contributed by atoms with Gasteiger partial charge < -0.3 is 10.4 Å². The van der Waals surface area contributed by atoms with Gasteiger partial charge in [0, 0.05) is 18.2 Å². The average molecular weight is 372 g/mol. The summed E-state index contributed by atoms with van der Waals surface area (Å²) in [5, 5.41) is 17.5. The highest BCUT2D eigenvalue weighted by molar-refractivity contribution is 6.06. The highest BCUT2D eigenvalue weighted by Gasteiger charge is 2.32. The minimum Gasteiger partial charge on any atom is -0.481 e. The molecule has 27 heavy (non-hydrogen) atoms. The lowest BCUT2D eigenvalue weighted by Crippen LogP contribution is -2.39. The summed E-state index contributed by atoms with van der Waals surface area (Å²) < 4.78 is 1.88. The fourth-order valence-electron chi connectivity index (χ4n) is 3.02. The number of nitrogens with one attached hydrogen (secondary N) is 1. The summed E-state index contributed by atoms with van der Waals surface area (Å²) >= 11 is 0. The number of amides is 1. The van der Waals surface area contributed by atoms with Gasteiger partial charge in [-0.25, -0.2) is 9.67 Å². The van der Waals surface area contributed by atoms with Crippen LogP contribution in [0.3, 0.4) is 0 Å². The van der Waals surface area contributed by atoms with Crippen molar-refractivity contribution >= 4 is 22.9 Å². The maximum absolute atomic E-state index is 13.0. The second-order valence-electron chi connectivity index (χ2n) is 9.11. The van der Waals surface area contributed by atoms with Crippen LogP contribution in [0.25, 0.3) is 11.0 Å². The molecule has 146 valence electrons. The Balaban J connectivity index is 2.07. The second kappa shape index (κ2) is 6.32. The Morgan fingerprint density at radius 2 is 1.89 bits per heavy atom. The van der Waals surface area contributed by atoms with Crippen LogP contribution in [0.15, 0.2) is 6.07 Å². The molecule has 1 saturated carbocycles. The molecular formula is C20H28N4O3. The number of carboxylic acid groups (broad SMARTS) is 1. The number of fused-ring (bicyclic) bond motifs is 1. The molecule has 7 heteroatoms. The van der Waals surface area contributed by atoms with Gasteiger partial charge in [-0.15, -0.1) is 0 Å². The predicted molar refractivity (Wildman–Crippen MR) is 103 cm³/mol. The molecule has 7 nitrogen and oxygen atoms in total. The van der Waals surface area contributed by atoms with E-state index in [2.05, 4.69) is 31.2 Å². The van der Waals surface area contributed by atoms with Gasteiger partial charge in [0.1, 0.15) is 0 Å². The van der Waals surface area contributed by atoms with E-state index in [1.54, 1.807) is 13.8 Å². The lowest BCUT2D eigenvalue weighted by molar-refractivity contribution is -0.146. The van der Waals surface area contributed by atoms with E-state index >= 15 is 0 Å². The summed E-state index contributed by atoms with van der Waals surface area (Å²) in [6.07, 6.45) is 2.16. The number of hydrogen-bond donors (Lipinski definition) is 2. The zero-order valence-corrected chi connectivity index (χ0v) is 16.9. The van der Waals surface area contributed by atoms with Gasteiger partial charge in [0.2, 0.25) is 0 Å². The van der Waals surface area contributed by atoms with Crippen LogP contribution < -0.4 is 5.32 Å². The highest BCUT2D eigenvalue weighted by Crippen LogP contribution is 2.41. The molecule has 0 atom stereocenters. The monoisotopic (exact) mass is 372 g/mol. The van der Waals surface area contributed by atoms with Gasteiger partial charge in [-0.05, 0) is 60.5 Å². The van der Waals surface area contributed by atoms with Crippen LogP contribution in [-0.2, 0) is 10.3 Å². The number of aliphatic carboxylic acids is 1. The molecular weight excluding hydrogens is 344 g/mol. The van der Waals surface area contributed by atoms with E-state index in [9.17, 15) is 14.7 Å². The minimum atomic E-state index is -1.04. The first kappa shape index (κ1) is 19.3. The van der Waals surface area contributed by atoms with Crippen molar-refractivity contribution in [2.24, 2.45) is 5.41 Å². The van der Waals surface area contributed by atoms with Crippen molar-refractivity contribution in [1.82, 2.24) is 20.1 Å². The van der Waals surface area contributed by atoms with Gasteiger partial charge in [-0.2, -0.15) is 5.10 Å². The van der Waals surface area contributed by atoms with E-state index < -0.39 is 11.4 Å². The number of rotatable bonds is 5. The molecule has 0 saturated heterocycles. The molecule has 1 fully saturated rings. The Labute approximate surface area is 159 Å². The van der Waals surface area contributed by atoms with E-state index in [4.69, 9.17) is 4.98 Å². The smallest absolute Gasteiger partial charge is 0.310 e. The van der Waals surface area contributed by atoms with E-state index in [0.29, 0.717) is 17.1 Å². The van der Waals surface area contributed by atoms with Crippen LogP contribution in [0.5, 0.6) is 0 Å². The Bertz CT molecular complexity index is 917. The molecule has 2 aromatic rings. The largest absolute Gasteiger partial charge is 0.481 e. The molecule has 0 bridgehead atoms. The SMILES string of the molecule is Cc1nn(C(C)(C)C)c2nc(C3CC3)cc(C(=O)NCC(C)(C)C(=O)O)c12. The summed E-state index contributed by atoms with van der Waals surface area (Å²) in [5.41, 5.74) is 1.60. The number of aryl methyl sites for hydroxylation is 1. The van der Waals surface area contributed by atoms with Crippen LogP contribution in [0.2, 0.25) is 0 Å². The molecule has 2 heterocycles. The first-order chi connectivity index (χ1) is 12.4. The summed E-state index contributed by atoms with van der Waals surface area (Å²) in [6.45, 7) is 11.3. The van der Waals surface area contributed by atoms with Crippen molar-refractivity contribution in [3.05, 3.63) is 23.0 Å². The average Bonchev–Trinajstić information content (AvgIpc) is 3.35. The lowest BCUT2D eigenvalue weighted by atomic mass is 9.93. The number of pyridine rings is 1. The first-order valence-corrected chi connectivity index (χ1v) is 9.34. The van der Waals surface area contributed by atoms with Gasteiger partial charge in [-0.1, -0.05) is 0 Å². The van der Waals surface area contributed by atoms with Gasteiger partial charge in [0.15, 0.2) is 5.65 Å². The molecule has 0 spiro atoms. The number of aromatic nitrogens is 3. The summed E-state index contributed by atoms with van der Waals surface area (Å²) in [6, 6.07) is 1.85. The molecule has 1 aliphatic rings. The molecule has 2 N–H and O–H groups in total. The molecule has 1 aliphatic carbocycles. The molecule has 2 aromatic heterocycles. The van der Waals surface area contributed by atoms with Crippen LogP contribution in [-0.4, -0.2) is 38.3 Å². The van der Waals surface area contributed by atoms with Crippen molar-refractivity contribution in [2.75, 3.05) is 6.54 Å². The molecule has 0 unspecified atom stereocenters. The Morgan fingerprint density at radius 1 is 1.26 bits per heavy atom.